The number of nitrogens with one attached hydrogen (secondary N) is 2. The van der Waals surface area contributed by atoms with Crippen LogP contribution in [0.25, 0.3) is 0 Å². The molecule has 0 radical (unpaired) electrons. The van der Waals surface area contributed by atoms with E-state index in [1.807, 2.05) is 29.2 Å². The lowest BCUT2D eigenvalue weighted by atomic mass is 9.94. The number of likely N-dealkylation sites (tertiary alicyclic amines) is 1. The number of ether oxygens (including phenoxy) is 1. The highest BCUT2D eigenvalue weighted by molar-refractivity contribution is 5.91. The fourth-order valence-corrected chi connectivity index (χ4v) is 3.17. The van der Waals surface area contributed by atoms with Gasteiger partial charge in [0.25, 0.3) is 0 Å². The second kappa shape index (κ2) is 5.71. The molecule has 1 aromatic rings. The fourth-order valence-electron chi connectivity index (χ4n) is 3.17. The minimum Gasteiger partial charge on any atom is -0.495 e. The number of anilines is 1. The van der Waals surface area contributed by atoms with Gasteiger partial charge >= 0.3 is 6.03 Å². The summed E-state index contributed by atoms with van der Waals surface area (Å²) >= 11 is 0. The number of amides is 2. The van der Waals surface area contributed by atoms with Gasteiger partial charge in [-0.15, -0.1) is 0 Å². The zero-order valence-corrected chi connectivity index (χ0v) is 11.8. The van der Waals surface area contributed by atoms with Crippen molar-refractivity contribution in [3.05, 3.63) is 24.3 Å². The third-order valence-corrected chi connectivity index (χ3v) is 4.29. The van der Waals surface area contributed by atoms with Crippen LogP contribution in [0.5, 0.6) is 5.75 Å². The number of carbonyl (C=O) groups is 1. The molecule has 5 nitrogen and oxygen atoms in total. The molecule has 2 fully saturated rings. The molecule has 5 heteroatoms. The maximum atomic E-state index is 12.4. The van der Waals surface area contributed by atoms with E-state index in [4.69, 9.17) is 4.74 Å². The van der Waals surface area contributed by atoms with Gasteiger partial charge in [0.2, 0.25) is 0 Å². The number of carbonyl (C=O) groups excluding carboxylic acids is 1. The molecule has 0 bridgehead atoms. The van der Waals surface area contributed by atoms with Gasteiger partial charge in [0.15, 0.2) is 0 Å². The number of fused-ring (bicyclic) bond motifs is 1. The quantitative estimate of drug-likeness (QED) is 0.867. The number of hydrogen-bond donors (Lipinski definition) is 2. The van der Waals surface area contributed by atoms with Gasteiger partial charge in [-0.05, 0) is 37.4 Å². The van der Waals surface area contributed by atoms with Crippen molar-refractivity contribution in [1.29, 1.82) is 0 Å². The standard InChI is InChI=1S/C15H21N3O2/c1-20-14-5-3-2-4-13(14)17-15(19)18-9-7-12-11(10-18)6-8-16-12/h2-5,11-12,16H,6-10H2,1H3,(H,17,19). The average molecular weight is 275 g/mol. The van der Waals surface area contributed by atoms with Crippen molar-refractivity contribution in [3.8, 4) is 5.75 Å². The molecule has 108 valence electrons. The van der Waals surface area contributed by atoms with E-state index in [2.05, 4.69) is 10.6 Å². The van der Waals surface area contributed by atoms with Crippen molar-refractivity contribution >= 4 is 11.7 Å². The Morgan fingerprint density at radius 1 is 1.40 bits per heavy atom. The number of nitrogens with zero attached hydrogens (tertiary/aromatic N) is 1. The predicted octanol–water partition coefficient (Wildman–Crippen LogP) is 1.91. The Morgan fingerprint density at radius 2 is 2.25 bits per heavy atom. The van der Waals surface area contributed by atoms with Crippen LogP contribution in [0.15, 0.2) is 24.3 Å². The van der Waals surface area contributed by atoms with E-state index in [-0.39, 0.29) is 6.03 Å². The topological polar surface area (TPSA) is 53.6 Å². The summed E-state index contributed by atoms with van der Waals surface area (Å²) in [7, 11) is 1.61. The highest BCUT2D eigenvalue weighted by Gasteiger charge is 2.34. The monoisotopic (exact) mass is 275 g/mol. The normalized spacial score (nSPS) is 25.1. The molecule has 20 heavy (non-hydrogen) atoms. The van der Waals surface area contributed by atoms with Crippen molar-refractivity contribution in [2.45, 2.75) is 18.9 Å². The first-order chi connectivity index (χ1) is 9.78. The first-order valence-corrected chi connectivity index (χ1v) is 7.20. The number of hydrogen-bond acceptors (Lipinski definition) is 3. The summed E-state index contributed by atoms with van der Waals surface area (Å²) < 4.78 is 5.26. The van der Waals surface area contributed by atoms with Gasteiger partial charge in [-0.3, -0.25) is 0 Å². The van der Waals surface area contributed by atoms with Crippen LogP contribution < -0.4 is 15.4 Å². The summed E-state index contributed by atoms with van der Waals surface area (Å²) in [5.74, 6) is 1.30. The summed E-state index contributed by atoms with van der Waals surface area (Å²) in [6.07, 6.45) is 2.22. The SMILES string of the molecule is COc1ccccc1NC(=O)N1CCC2NCCC2C1. The second-order valence-electron chi connectivity index (χ2n) is 5.47. The lowest BCUT2D eigenvalue weighted by molar-refractivity contribution is 0.170. The van der Waals surface area contributed by atoms with Crippen molar-refractivity contribution < 1.29 is 9.53 Å². The molecule has 2 saturated heterocycles. The van der Waals surface area contributed by atoms with E-state index in [1.54, 1.807) is 7.11 Å². The number of para-hydroxylation sites is 2. The number of benzene rings is 1. The lowest BCUT2D eigenvalue weighted by Gasteiger charge is -2.34. The Kier molecular flexibility index (Phi) is 3.78. The third-order valence-electron chi connectivity index (χ3n) is 4.29. The van der Waals surface area contributed by atoms with Crippen molar-refractivity contribution in [1.82, 2.24) is 10.2 Å². The summed E-state index contributed by atoms with van der Waals surface area (Å²) in [6, 6.07) is 8.07. The maximum absolute atomic E-state index is 12.4. The first kappa shape index (κ1) is 13.2. The molecule has 0 saturated carbocycles. The molecular weight excluding hydrogens is 254 g/mol. The molecule has 0 spiro atoms. The zero-order valence-electron chi connectivity index (χ0n) is 11.8. The second-order valence-corrected chi connectivity index (χ2v) is 5.47. The van der Waals surface area contributed by atoms with Crippen LogP contribution in [0, 0.1) is 5.92 Å². The van der Waals surface area contributed by atoms with Crippen LogP contribution in [-0.2, 0) is 0 Å². The smallest absolute Gasteiger partial charge is 0.321 e. The van der Waals surface area contributed by atoms with Crippen LogP contribution in [-0.4, -0.2) is 43.7 Å². The molecule has 3 rings (SSSR count). The summed E-state index contributed by atoms with van der Waals surface area (Å²) in [6.45, 7) is 2.74. The van der Waals surface area contributed by atoms with Gasteiger partial charge in [-0.25, -0.2) is 4.79 Å². The van der Waals surface area contributed by atoms with E-state index >= 15 is 0 Å². The summed E-state index contributed by atoms with van der Waals surface area (Å²) in [5.41, 5.74) is 0.728. The van der Waals surface area contributed by atoms with Gasteiger partial charge in [0.1, 0.15) is 5.75 Å². The number of urea groups is 1. The van der Waals surface area contributed by atoms with Crippen LogP contribution in [0.2, 0.25) is 0 Å². The molecule has 2 atom stereocenters. The maximum Gasteiger partial charge on any atom is 0.321 e. The Balaban J connectivity index is 1.64. The van der Waals surface area contributed by atoms with Crippen LogP contribution >= 0.6 is 0 Å². The molecular formula is C15H21N3O2. The Bertz CT molecular complexity index is 492. The van der Waals surface area contributed by atoms with Gasteiger partial charge in [0.05, 0.1) is 12.8 Å². The molecule has 2 heterocycles. The van der Waals surface area contributed by atoms with E-state index in [9.17, 15) is 4.79 Å². The molecule has 2 N–H and O–H groups in total. The number of rotatable bonds is 2. The lowest BCUT2D eigenvalue weighted by Crippen LogP contribution is -2.48. The first-order valence-electron chi connectivity index (χ1n) is 7.20. The molecule has 2 aliphatic heterocycles. The third kappa shape index (κ3) is 2.58. The van der Waals surface area contributed by atoms with Crippen LogP contribution in [0.4, 0.5) is 10.5 Å². The van der Waals surface area contributed by atoms with E-state index < -0.39 is 0 Å². The Morgan fingerprint density at radius 3 is 3.10 bits per heavy atom. The summed E-state index contributed by atoms with van der Waals surface area (Å²) in [4.78, 5) is 14.3. The van der Waals surface area contributed by atoms with E-state index in [0.717, 1.165) is 31.7 Å². The largest absolute Gasteiger partial charge is 0.495 e. The number of methoxy groups -OCH3 is 1. The van der Waals surface area contributed by atoms with Crippen molar-refractivity contribution in [2.24, 2.45) is 5.92 Å². The fraction of sp³-hybridized carbons (Fsp3) is 0.533. The van der Waals surface area contributed by atoms with Gasteiger partial charge in [-0.2, -0.15) is 0 Å². The molecule has 2 aliphatic rings. The zero-order chi connectivity index (χ0) is 13.9. The highest BCUT2D eigenvalue weighted by Crippen LogP contribution is 2.27. The minimum absolute atomic E-state index is 0.0279. The van der Waals surface area contributed by atoms with Gasteiger partial charge < -0.3 is 20.3 Å². The Labute approximate surface area is 119 Å². The molecule has 0 aliphatic carbocycles. The molecule has 2 amide bonds. The molecule has 2 unspecified atom stereocenters. The minimum atomic E-state index is -0.0279. The van der Waals surface area contributed by atoms with Crippen molar-refractivity contribution in [3.63, 3.8) is 0 Å². The number of piperidine rings is 1. The van der Waals surface area contributed by atoms with Crippen LogP contribution in [0.1, 0.15) is 12.8 Å². The average Bonchev–Trinajstić information content (AvgIpc) is 2.95. The molecule has 1 aromatic carbocycles. The van der Waals surface area contributed by atoms with E-state index in [0.29, 0.717) is 17.7 Å². The van der Waals surface area contributed by atoms with Crippen LogP contribution in [0.3, 0.4) is 0 Å². The summed E-state index contributed by atoms with van der Waals surface area (Å²) in [5, 5.41) is 6.46. The highest BCUT2D eigenvalue weighted by atomic mass is 16.5. The predicted molar refractivity (Wildman–Crippen MR) is 78.1 cm³/mol. The Hall–Kier alpha value is -1.75. The van der Waals surface area contributed by atoms with Gasteiger partial charge in [0, 0.05) is 19.1 Å². The van der Waals surface area contributed by atoms with Gasteiger partial charge in [-0.1, -0.05) is 12.1 Å². The van der Waals surface area contributed by atoms with E-state index in [1.165, 1.54) is 6.42 Å². The molecule has 0 aromatic heterocycles. The van der Waals surface area contributed by atoms with Crippen molar-refractivity contribution in [2.75, 3.05) is 32.1 Å².